The van der Waals surface area contributed by atoms with Gasteiger partial charge in [-0.1, -0.05) is 18.2 Å². The van der Waals surface area contributed by atoms with Gasteiger partial charge in [0.05, 0.1) is 12.6 Å². The number of carbonyl (C=O) groups excluding carboxylic acids is 1. The van der Waals surface area contributed by atoms with Crippen molar-refractivity contribution in [2.24, 2.45) is 0 Å². The molecule has 0 radical (unpaired) electrons. The van der Waals surface area contributed by atoms with Crippen LogP contribution in [0.15, 0.2) is 52.5 Å². The van der Waals surface area contributed by atoms with E-state index in [9.17, 15) is 15.2 Å². The van der Waals surface area contributed by atoms with Crippen LogP contribution in [0.3, 0.4) is 0 Å². The Balaban J connectivity index is 2.09. The molecule has 25 heavy (non-hydrogen) atoms. The minimum Gasteiger partial charge on any atom is -0.504 e. The summed E-state index contributed by atoms with van der Waals surface area (Å²) in [5.41, 5.74) is 1.35. The van der Waals surface area contributed by atoms with Gasteiger partial charge in [0.25, 0.3) is 10.7 Å². The molecule has 1 heterocycles. The van der Waals surface area contributed by atoms with Crippen molar-refractivity contribution in [3.8, 4) is 17.6 Å². The standard InChI is InChI=1S/C18H12N2O4S/c1-23-16-9-11(6-7-14(16)21)8-12(10-19)17(22)20-13-4-2-3-5-15(13)24-18(20)25/h2-9,21H,1H3/b12-8+. The number of aromatic hydroxyl groups is 1. The Kier molecular flexibility index (Phi) is 4.37. The highest BCUT2D eigenvalue weighted by Crippen LogP contribution is 2.27. The Morgan fingerprint density at radius 3 is 2.84 bits per heavy atom. The maximum Gasteiger partial charge on any atom is 0.276 e. The predicted molar refractivity (Wildman–Crippen MR) is 93.9 cm³/mol. The second kappa shape index (κ2) is 6.63. The molecular weight excluding hydrogens is 340 g/mol. The number of oxazole rings is 1. The van der Waals surface area contributed by atoms with Crippen molar-refractivity contribution >= 4 is 35.3 Å². The fraction of sp³-hybridized carbons (Fsp3) is 0.0556. The second-order valence-corrected chi connectivity index (χ2v) is 5.43. The molecule has 0 fully saturated rings. The Morgan fingerprint density at radius 1 is 1.36 bits per heavy atom. The van der Waals surface area contributed by atoms with E-state index in [1.807, 2.05) is 6.07 Å². The smallest absolute Gasteiger partial charge is 0.276 e. The van der Waals surface area contributed by atoms with Gasteiger partial charge in [-0.15, -0.1) is 0 Å². The number of benzene rings is 2. The number of phenols is 1. The van der Waals surface area contributed by atoms with E-state index >= 15 is 0 Å². The highest BCUT2D eigenvalue weighted by atomic mass is 32.1. The van der Waals surface area contributed by atoms with E-state index in [1.54, 1.807) is 30.3 Å². The summed E-state index contributed by atoms with van der Waals surface area (Å²) < 4.78 is 11.6. The molecule has 3 aromatic rings. The zero-order chi connectivity index (χ0) is 18.0. The lowest BCUT2D eigenvalue weighted by Gasteiger charge is -2.05. The molecule has 1 aromatic heterocycles. The third-order valence-corrected chi connectivity index (χ3v) is 3.82. The minimum absolute atomic E-state index is 0.0318. The van der Waals surface area contributed by atoms with Gasteiger partial charge in [-0.25, -0.2) is 4.57 Å². The first-order chi connectivity index (χ1) is 12.0. The average Bonchev–Trinajstić information content (AvgIpc) is 2.96. The highest BCUT2D eigenvalue weighted by Gasteiger charge is 2.18. The van der Waals surface area contributed by atoms with E-state index in [4.69, 9.17) is 21.4 Å². The van der Waals surface area contributed by atoms with E-state index in [0.717, 1.165) is 0 Å². The van der Waals surface area contributed by atoms with Gasteiger partial charge >= 0.3 is 0 Å². The number of nitrogens with zero attached hydrogens (tertiary/aromatic N) is 2. The SMILES string of the molecule is COc1cc(/C=C(\C#N)C(=O)n2c(=S)oc3ccccc32)ccc1O. The van der Waals surface area contributed by atoms with Crippen molar-refractivity contribution in [1.29, 1.82) is 5.26 Å². The van der Waals surface area contributed by atoms with Crippen molar-refractivity contribution in [1.82, 2.24) is 4.57 Å². The number of phenolic OH excluding ortho intramolecular Hbond substituents is 1. The molecule has 2 aromatic carbocycles. The second-order valence-electron chi connectivity index (χ2n) is 5.08. The van der Waals surface area contributed by atoms with Crippen LogP contribution in [0.25, 0.3) is 17.2 Å². The first-order valence-corrected chi connectivity index (χ1v) is 7.60. The van der Waals surface area contributed by atoms with E-state index in [1.165, 1.54) is 29.9 Å². The summed E-state index contributed by atoms with van der Waals surface area (Å²) in [5.74, 6) is -0.388. The molecule has 124 valence electrons. The molecule has 0 saturated carbocycles. The number of fused-ring (bicyclic) bond motifs is 1. The van der Waals surface area contributed by atoms with Gasteiger partial charge in [0.15, 0.2) is 17.1 Å². The van der Waals surface area contributed by atoms with Crippen molar-refractivity contribution in [2.45, 2.75) is 0 Å². The molecule has 0 aliphatic rings. The monoisotopic (exact) mass is 352 g/mol. The van der Waals surface area contributed by atoms with Crippen LogP contribution in [0.1, 0.15) is 10.4 Å². The number of ether oxygens (including phenoxy) is 1. The summed E-state index contributed by atoms with van der Waals surface area (Å²) in [6, 6.07) is 13.3. The number of rotatable bonds is 3. The molecule has 0 unspecified atom stereocenters. The Bertz CT molecular complexity index is 1100. The zero-order valence-corrected chi connectivity index (χ0v) is 13.9. The van der Waals surface area contributed by atoms with E-state index in [-0.39, 0.29) is 21.9 Å². The van der Waals surface area contributed by atoms with Crippen LogP contribution in [0.2, 0.25) is 0 Å². The molecule has 3 rings (SSSR count). The van der Waals surface area contributed by atoms with Crippen LogP contribution in [0.5, 0.6) is 11.5 Å². The Hall–Kier alpha value is -3.37. The van der Waals surface area contributed by atoms with Gasteiger partial charge in [-0.2, -0.15) is 5.26 Å². The van der Waals surface area contributed by atoms with Crippen LogP contribution < -0.4 is 4.74 Å². The van der Waals surface area contributed by atoms with Gasteiger partial charge < -0.3 is 14.3 Å². The van der Waals surface area contributed by atoms with E-state index < -0.39 is 5.91 Å². The predicted octanol–water partition coefficient (Wildman–Crippen LogP) is 3.93. The lowest BCUT2D eigenvalue weighted by atomic mass is 10.1. The number of carbonyl (C=O) groups is 1. The third-order valence-electron chi connectivity index (χ3n) is 3.55. The lowest BCUT2D eigenvalue weighted by Crippen LogP contribution is -2.12. The fourth-order valence-electron chi connectivity index (χ4n) is 2.37. The molecular formula is C18H12N2O4S. The number of para-hydroxylation sites is 2. The summed E-state index contributed by atoms with van der Waals surface area (Å²) in [7, 11) is 1.41. The Morgan fingerprint density at radius 2 is 2.12 bits per heavy atom. The summed E-state index contributed by atoms with van der Waals surface area (Å²) in [6.07, 6.45) is 1.40. The number of aromatic nitrogens is 1. The summed E-state index contributed by atoms with van der Waals surface area (Å²) in [5, 5.41) is 19.0. The van der Waals surface area contributed by atoms with Gasteiger partial charge in [0.2, 0.25) is 0 Å². The van der Waals surface area contributed by atoms with Crippen LogP contribution in [-0.4, -0.2) is 22.7 Å². The largest absolute Gasteiger partial charge is 0.504 e. The molecule has 6 nitrogen and oxygen atoms in total. The van der Waals surface area contributed by atoms with Gasteiger partial charge in [-0.05, 0) is 48.1 Å². The number of hydrogen-bond donors (Lipinski definition) is 1. The Labute approximate surface area is 147 Å². The molecule has 0 spiro atoms. The molecule has 0 aliphatic heterocycles. The molecule has 0 bridgehead atoms. The lowest BCUT2D eigenvalue weighted by molar-refractivity contribution is 0.0961. The quantitative estimate of drug-likeness (QED) is 0.436. The number of nitriles is 1. The van der Waals surface area contributed by atoms with Crippen LogP contribution in [0.4, 0.5) is 0 Å². The van der Waals surface area contributed by atoms with Crippen LogP contribution >= 0.6 is 12.2 Å². The summed E-state index contributed by atoms with van der Waals surface area (Å²) >= 11 is 5.10. The molecule has 0 amide bonds. The number of methoxy groups -OCH3 is 1. The van der Waals surface area contributed by atoms with E-state index in [0.29, 0.717) is 16.7 Å². The van der Waals surface area contributed by atoms with Crippen LogP contribution in [0, 0.1) is 16.2 Å². The minimum atomic E-state index is -0.593. The van der Waals surface area contributed by atoms with Gasteiger partial charge in [0, 0.05) is 0 Å². The fourth-order valence-corrected chi connectivity index (χ4v) is 2.64. The van der Waals surface area contributed by atoms with Gasteiger partial charge in [0.1, 0.15) is 11.6 Å². The van der Waals surface area contributed by atoms with Gasteiger partial charge in [-0.3, -0.25) is 4.79 Å². The van der Waals surface area contributed by atoms with Crippen molar-refractivity contribution in [2.75, 3.05) is 7.11 Å². The highest BCUT2D eigenvalue weighted by molar-refractivity contribution is 7.71. The summed E-state index contributed by atoms with van der Waals surface area (Å²) in [6.45, 7) is 0. The average molecular weight is 352 g/mol. The maximum atomic E-state index is 12.8. The first-order valence-electron chi connectivity index (χ1n) is 7.19. The first kappa shape index (κ1) is 16.5. The molecule has 1 N–H and O–H groups in total. The summed E-state index contributed by atoms with van der Waals surface area (Å²) in [4.78, 5) is 12.7. The molecule has 0 aliphatic carbocycles. The zero-order valence-electron chi connectivity index (χ0n) is 13.1. The molecule has 7 heteroatoms. The normalized spacial score (nSPS) is 11.3. The third kappa shape index (κ3) is 3.03. The van der Waals surface area contributed by atoms with E-state index in [2.05, 4.69) is 0 Å². The van der Waals surface area contributed by atoms with Crippen molar-refractivity contribution in [3.63, 3.8) is 0 Å². The topological polar surface area (TPSA) is 88.4 Å². The van der Waals surface area contributed by atoms with Crippen molar-refractivity contribution in [3.05, 3.63) is 58.4 Å². The number of hydrogen-bond acceptors (Lipinski definition) is 6. The molecule has 0 atom stereocenters. The maximum absolute atomic E-state index is 12.8. The van der Waals surface area contributed by atoms with Crippen LogP contribution in [-0.2, 0) is 0 Å². The number of allylic oxidation sites excluding steroid dienone is 1. The molecule has 0 saturated heterocycles. The van der Waals surface area contributed by atoms with Crippen molar-refractivity contribution < 1.29 is 19.1 Å².